The van der Waals surface area contributed by atoms with Gasteiger partial charge in [0.25, 0.3) is 5.91 Å². The molecule has 140 valence electrons. The second kappa shape index (κ2) is 7.53. The standard InChI is InChI=1S/C21H17FN4O2/c22-18-7-5-17(6-8-18)21(27)25-9-10-26-19(13-25)11-20(24-26)28-14-16-3-1-15(12-23)2-4-16/h1-8,11H,9-10,13-14H2. The average molecular weight is 376 g/mol. The van der Waals surface area contributed by atoms with Gasteiger partial charge in [-0.1, -0.05) is 12.1 Å². The summed E-state index contributed by atoms with van der Waals surface area (Å²) in [6, 6.07) is 16.7. The first-order chi connectivity index (χ1) is 13.6. The number of rotatable bonds is 4. The minimum atomic E-state index is -0.364. The lowest BCUT2D eigenvalue weighted by Gasteiger charge is -2.27. The van der Waals surface area contributed by atoms with Crippen LogP contribution in [-0.4, -0.2) is 27.1 Å². The Morgan fingerprint density at radius 1 is 1.14 bits per heavy atom. The topological polar surface area (TPSA) is 71.2 Å². The average Bonchev–Trinajstić information content (AvgIpc) is 3.15. The Labute approximate surface area is 161 Å². The highest BCUT2D eigenvalue weighted by atomic mass is 19.1. The summed E-state index contributed by atoms with van der Waals surface area (Å²) in [7, 11) is 0. The van der Waals surface area contributed by atoms with Gasteiger partial charge in [-0.3, -0.25) is 9.48 Å². The van der Waals surface area contributed by atoms with E-state index in [1.165, 1.54) is 24.3 Å². The third-order valence-electron chi connectivity index (χ3n) is 4.62. The van der Waals surface area contributed by atoms with Crippen molar-refractivity contribution in [3.63, 3.8) is 0 Å². The van der Waals surface area contributed by atoms with E-state index < -0.39 is 0 Å². The summed E-state index contributed by atoms with van der Waals surface area (Å²) in [6.45, 7) is 1.87. The number of amides is 1. The van der Waals surface area contributed by atoms with Gasteiger partial charge in [-0.25, -0.2) is 4.39 Å². The quantitative estimate of drug-likeness (QED) is 0.701. The molecule has 0 fully saturated rings. The number of aromatic nitrogens is 2. The molecule has 0 saturated heterocycles. The molecule has 0 saturated carbocycles. The van der Waals surface area contributed by atoms with Crippen molar-refractivity contribution in [3.05, 3.63) is 82.8 Å². The van der Waals surface area contributed by atoms with Crippen LogP contribution in [0.2, 0.25) is 0 Å². The van der Waals surface area contributed by atoms with Gasteiger partial charge in [0, 0.05) is 18.2 Å². The molecule has 2 heterocycles. The molecule has 1 aliphatic heterocycles. The van der Waals surface area contributed by atoms with Gasteiger partial charge in [-0.15, -0.1) is 5.10 Å². The Kier molecular flexibility index (Phi) is 4.77. The molecule has 7 heteroatoms. The minimum absolute atomic E-state index is 0.132. The van der Waals surface area contributed by atoms with Gasteiger partial charge in [0.05, 0.1) is 30.4 Å². The Hall–Kier alpha value is -3.66. The molecule has 1 amide bonds. The van der Waals surface area contributed by atoms with Gasteiger partial charge in [0.1, 0.15) is 12.4 Å². The highest BCUT2D eigenvalue weighted by Crippen LogP contribution is 2.20. The molecule has 28 heavy (non-hydrogen) atoms. The normalized spacial score (nSPS) is 12.9. The van der Waals surface area contributed by atoms with Crippen molar-refractivity contribution in [1.82, 2.24) is 14.7 Å². The fourth-order valence-electron chi connectivity index (χ4n) is 3.09. The number of halogens is 1. The predicted molar refractivity (Wildman–Crippen MR) is 98.9 cm³/mol. The third-order valence-corrected chi connectivity index (χ3v) is 4.62. The van der Waals surface area contributed by atoms with Gasteiger partial charge in [-0.05, 0) is 42.0 Å². The summed E-state index contributed by atoms with van der Waals surface area (Å²) in [4.78, 5) is 14.3. The largest absolute Gasteiger partial charge is 0.472 e. The van der Waals surface area contributed by atoms with Crippen LogP contribution in [0.4, 0.5) is 4.39 Å². The molecule has 0 radical (unpaired) electrons. The molecule has 0 aliphatic carbocycles. The van der Waals surface area contributed by atoms with Crippen LogP contribution in [0, 0.1) is 17.1 Å². The van der Waals surface area contributed by atoms with E-state index in [2.05, 4.69) is 11.2 Å². The molecule has 6 nitrogen and oxygen atoms in total. The van der Waals surface area contributed by atoms with E-state index in [0.29, 0.717) is 43.2 Å². The molecule has 1 aliphatic rings. The maximum atomic E-state index is 13.1. The highest BCUT2D eigenvalue weighted by molar-refractivity contribution is 5.94. The Morgan fingerprint density at radius 2 is 1.89 bits per heavy atom. The number of hydrogen-bond donors (Lipinski definition) is 0. The van der Waals surface area contributed by atoms with E-state index in [4.69, 9.17) is 10.00 Å². The van der Waals surface area contributed by atoms with Crippen LogP contribution in [0.3, 0.4) is 0 Å². The zero-order valence-corrected chi connectivity index (χ0v) is 15.0. The van der Waals surface area contributed by atoms with E-state index in [1.807, 2.05) is 22.9 Å². The first-order valence-corrected chi connectivity index (χ1v) is 8.86. The second-order valence-corrected chi connectivity index (χ2v) is 6.53. The molecule has 0 bridgehead atoms. The summed E-state index contributed by atoms with van der Waals surface area (Å²) in [5.41, 5.74) is 2.90. The Bertz CT molecular complexity index is 1040. The SMILES string of the molecule is N#Cc1ccc(COc2cc3n(n2)CCN(C(=O)c2ccc(F)cc2)C3)cc1. The summed E-state index contributed by atoms with van der Waals surface area (Å²) < 4.78 is 20.6. The second-order valence-electron chi connectivity index (χ2n) is 6.53. The zero-order chi connectivity index (χ0) is 19.5. The van der Waals surface area contributed by atoms with Crippen molar-refractivity contribution in [2.24, 2.45) is 0 Å². The molecule has 0 atom stereocenters. The lowest BCUT2D eigenvalue weighted by atomic mass is 10.1. The summed E-state index contributed by atoms with van der Waals surface area (Å²) in [5, 5.41) is 13.3. The minimum Gasteiger partial charge on any atom is -0.472 e. The van der Waals surface area contributed by atoms with Crippen molar-refractivity contribution >= 4 is 5.91 Å². The molecular weight excluding hydrogens is 359 g/mol. The number of nitrogens with zero attached hydrogens (tertiary/aromatic N) is 4. The first kappa shape index (κ1) is 17.7. The van der Waals surface area contributed by atoms with Gasteiger partial charge < -0.3 is 9.64 Å². The molecule has 4 rings (SSSR count). The molecule has 0 spiro atoms. The van der Waals surface area contributed by atoms with Crippen LogP contribution in [0.15, 0.2) is 54.6 Å². The van der Waals surface area contributed by atoms with Crippen molar-refractivity contribution in [3.8, 4) is 11.9 Å². The zero-order valence-electron chi connectivity index (χ0n) is 15.0. The third kappa shape index (κ3) is 3.71. The highest BCUT2D eigenvalue weighted by Gasteiger charge is 2.23. The van der Waals surface area contributed by atoms with Gasteiger partial charge >= 0.3 is 0 Å². The number of hydrogen-bond acceptors (Lipinski definition) is 4. The van der Waals surface area contributed by atoms with Gasteiger partial charge in [0.15, 0.2) is 0 Å². The Morgan fingerprint density at radius 3 is 2.61 bits per heavy atom. The van der Waals surface area contributed by atoms with Gasteiger partial charge in [0.2, 0.25) is 5.88 Å². The molecule has 0 unspecified atom stereocenters. The maximum Gasteiger partial charge on any atom is 0.254 e. The molecular formula is C21H17FN4O2. The smallest absolute Gasteiger partial charge is 0.254 e. The molecule has 1 aromatic heterocycles. The van der Waals surface area contributed by atoms with E-state index >= 15 is 0 Å². The molecule has 0 N–H and O–H groups in total. The van der Waals surface area contributed by atoms with Crippen molar-refractivity contribution in [1.29, 1.82) is 5.26 Å². The predicted octanol–water partition coefficient (Wildman–Crippen LogP) is 3.13. The van der Waals surface area contributed by atoms with Crippen molar-refractivity contribution in [2.75, 3.05) is 6.54 Å². The van der Waals surface area contributed by atoms with E-state index in [0.717, 1.165) is 11.3 Å². The Balaban J connectivity index is 1.41. The van der Waals surface area contributed by atoms with Crippen molar-refractivity contribution < 1.29 is 13.9 Å². The molecule has 3 aromatic rings. The number of benzene rings is 2. The summed E-state index contributed by atoms with van der Waals surface area (Å²) in [6.07, 6.45) is 0. The van der Waals surface area contributed by atoms with Crippen molar-refractivity contribution in [2.45, 2.75) is 19.7 Å². The number of carbonyl (C=O) groups excluding carboxylic acids is 1. The van der Waals surface area contributed by atoms with Crippen LogP contribution in [0.5, 0.6) is 5.88 Å². The fourth-order valence-corrected chi connectivity index (χ4v) is 3.09. The number of nitriles is 1. The first-order valence-electron chi connectivity index (χ1n) is 8.86. The number of ether oxygens (including phenoxy) is 1. The van der Waals surface area contributed by atoms with Crippen LogP contribution < -0.4 is 4.74 Å². The molecule has 2 aromatic carbocycles. The van der Waals surface area contributed by atoms with Crippen LogP contribution >= 0.6 is 0 Å². The summed E-state index contributed by atoms with van der Waals surface area (Å²) >= 11 is 0. The fraction of sp³-hybridized carbons (Fsp3) is 0.190. The van der Waals surface area contributed by atoms with Crippen LogP contribution in [0.1, 0.15) is 27.2 Å². The maximum absolute atomic E-state index is 13.1. The van der Waals surface area contributed by atoms with E-state index in [1.54, 1.807) is 17.0 Å². The number of fused-ring (bicyclic) bond motifs is 1. The van der Waals surface area contributed by atoms with Gasteiger partial charge in [-0.2, -0.15) is 5.26 Å². The lowest BCUT2D eigenvalue weighted by molar-refractivity contribution is 0.0706. The van der Waals surface area contributed by atoms with Crippen LogP contribution in [-0.2, 0) is 19.7 Å². The number of carbonyl (C=O) groups is 1. The monoisotopic (exact) mass is 376 g/mol. The van der Waals surface area contributed by atoms with E-state index in [9.17, 15) is 9.18 Å². The van der Waals surface area contributed by atoms with E-state index in [-0.39, 0.29) is 11.7 Å². The van der Waals surface area contributed by atoms with Crippen LogP contribution in [0.25, 0.3) is 0 Å². The summed E-state index contributed by atoms with van der Waals surface area (Å²) in [5.74, 6) is 0.000247. The lowest BCUT2D eigenvalue weighted by Crippen LogP contribution is -2.38.